The van der Waals surface area contributed by atoms with E-state index in [9.17, 15) is 9.59 Å². The molecule has 0 unspecified atom stereocenters. The monoisotopic (exact) mass is 393 g/mol. The predicted octanol–water partition coefficient (Wildman–Crippen LogP) is 4.79. The molecular formula is C23H23NO5. The summed E-state index contributed by atoms with van der Waals surface area (Å²) >= 11 is 0. The minimum atomic E-state index is -0.732. The Morgan fingerprint density at radius 3 is 1.97 bits per heavy atom. The Hall–Kier alpha value is -3.54. The molecule has 0 aromatic heterocycles. The van der Waals surface area contributed by atoms with Crippen LogP contribution in [0.1, 0.15) is 31.9 Å². The van der Waals surface area contributed by atoms with Crippen LogP contribution in [0, 0.1) is 0 Å². The first-order valence-electron chi connectivity index (χ1n) is 9.15. The second-order valence-electron chi connectivity index (χ2n) is 7.34. The number of hydrogen-bond donors (Lipinski definition) is 0. The summed E-state index contributed by atoms with van der Waals surface area (Å²) < 4.78 is 16.2. The molecular weight excluding hydrogens is 370 g/mol. The fourth-order valence-electron chi connectivity index (χ4n) is 2.84. The molecule has 29 heavy (non-hydrogen) atoms. The molecule has 0 saturated carbocycles. The lowest BCUT2D eigenvalue weighted by atomic mass is 10.1. The predicted molar refractivity (Wildman–Crippen MR) is 109 cm³/mol. The normalized spacial score (nSPS) is 14.1. The van der Waals surface area contributed by atoms with E-state index in [0.717, 1.165) is 5.56 Å². The van der Waals surface area contributed by atoms with Gasteiger partial charge >= 0.3 is 12.1 Å². The van der Waals surface area contributed by atoms with Gasteiger partial charge in [-0.25, -0.2) is 14.5 Å². The zero-order chi connectivity index (χ0) is 21.0. The molecule has 0 bridgehead atoms. The van der Waals surface area contributed by atoms with E-state index >= 15 is 0 Å². The Bertz CT molecular complexity index is 956. The number of carbonyl (C=O) groups is 2. The van der Waals surface area contributed by atoms with E-state index in [1.54, 1.807) is 32.9 Å². The Labute approximate surface area is 170 Å². The van der Waals surface area contributed by atoms with Crippen LogP contribution >= 0.6 is 0 Å². The van der Waals surface area contributed by atoms with Crippen LogP contribution in [0.3, 0.4) is 0 Å². The van der Waals surface area contributed by atoms with Gasteiger partial charge in [0.2, 0.25) is 5.76 Å². The first-order valence-corrected chi connectivity index (χ1v) is 9.15. The van der Waals surface area contributed by atoms with E-state index < -0.39 is 17.7 Å². The van der Waals surface area contributed by atoms with Crippen molar-refractivity contribution in [1.29, 1.82) is 0 Å². The standard InChI is InChI=1S/C23H23NO5/c1-23(2,3)29-22(26)24-18(16-11-7-5-8-12-16)15-28-20(21(25)27-4)19(24)17-13-9-6-10-14-17/h5-15H,1-4H3. The third-order valence-corrected chi connectivity index (χ3v) is 4.03. The van der Waals surface area contributed by atoms with E-state index in [2.05, 4.69) is 0 Å². The van der Waals surface area contributed by atoms with Crippen LogP contribution in [0.25, 0.3) is 11.4 Å². The summed E-state index contributed by atoms with van der Waals surface area (Å²) in [5.41, 5.74) is 1.32. The molecule has 2 aromatic rings. The lowest BCUT2D eigenvalue weighted by Crippen LogP contribution is -2.37. The first kappa shape index (κ1) is 20.2. The van der Waals surface area contributed by atoms with Gasteiger partial charge in [-0.05, 0) is 20.8 Å². The smallest absolute Gasteiger partial charge is 0.419 e. The largest absolute Gasteiger partial charge is 0.463 e. The van der Waals surface area contributed by atoms with Crippen molar-refractivity contribution in [3.63, 3.8) is 0 Å². The van der Waals surface area contributed by atoms with Gasteiger partial charge in [-0.1, -0.05) is 60.7 Å². The molecule has 1 aliphatic heterocycles. The highest BCUT2D eigenvalue weighted by molar-refractivity contribution is 6.03. The fraction of sp³-hybridized carbons (Fsp3) is 0.217. The van der Waals surface area contributed by atoms with E-state index in [0.29, 0.717) is 11.3 Å². The summed E-state index contributed by atoms with van der Waals surface area (Å²) in [5.74, 6) is -0.787. The number of rotatable bonds is 3. The number of nitrogens with zero attached hydrogens (tertiary/aromatic N) is 1. The highest BCUT2D eigenvalue weighted by Crippen LogP contribution is 2.37. The average Bonchev–Trinajstić information content (AvgIpc) is 2.72. The fourth-order valence-corrected chi connectivity index (χ4v) is 2.84. The molecule has 6 heteroatoms. The number of methoxy groups -OCH3 is 1. The molecule has 2 aromatic carbocycles. The van der Waals surface area contributed by atoms with Gasteiger partial charge in [0, 0.05) is 11.1 Å². The van der Waals surface area contributed by atoms with Gasteiger partial charge in [-0.2, -0.15) is 0 Å². The quantitative estimate of drug-likeness (QED) is 0.701. The second-order valence-corrected chi connectivity index (χ2v) is 7.34. The van der Waals surface area contributed by atoms with E-state index in [-0.39, 0.29) is 11.5 Å². The topological polar surface area (TPSA) is 65.1 Å². The number of hydrogen-bond acceptors (Lipinski definition) is 5. The second kappa shape index (κ2) is 8.22. The van der Waals surface area contributed by atoms with Gasteiger partial charge in [-0.15, -0.1) is 0 Å². The van der Waals surface area contributed by atoms with Crippen LogP contribution in [0.15, 0.2) is 72.7 Å². The molecule has 0 N–H and O–H groups in total. The van der Waals surface area contributed by atoms with Crippen LogP contribution in [0.2, 0.25) is 0 Å². The van der Waals surface area contributed by atoms with Crippen molar-refractivity contribution < 1.29 is 23.8 Å². The number of ether oxygens (including phenoxy) is 3. The van der Waals surface area contributed by atoms with Gasteiger partial charge in [0.05, 0.1) is 12.8 Å². The zero-order valence-corrected chi connectivity index (χ0v) is 16.8. The molecule has 1 heterocycles. The summed E-state index contributed by atoms with van der Waals surface area (Å²) in [6.07, 6.45) is 0.731. The van der Waals surface area contributed by atoms with Crippen molar-refractivity contribution in [2.24, 2.45) is 0 Å². The number of amides is 1. The Morgan fingerprint density at radius 2 is 1.45 bits per heavy atom. The number of carbonyl (C=O) groups excluding carboxylic acids is 2. The highest BCUT2D eigenvalue weighted by Gasteiger charge is 2.37. The molecule has 150 valence electrons. The lowest BCUT2D eigenvalue weighted by Gasteiger charge is -2.33. The van der Waals surface area contributed by atoms with Crippen LogP contribution in [0.5, 0.6) is 0 Å². The van der Waals surface area contributed by atoms with Gasteiger partial charge in [0.25, 0.3) is 0 Å². The van der Waals surface area contributed by atoms with Crippen molar-refractivity contribution in [2.45, 2.75) is 26.4 Å². The van der Waals surface area contributed by atoms with Crippen molar-refractivity contribution in [1.82, 2.24) is 4.90 Å². The van der Waals surface area contributed by atoms with Crippen molar-refractivity contribution in [3.8, 4) is 0 Å². The first-order chi connectivity index (χ1) is 13.8. The van der Waals surface area contributed by atoms with E-state index in [1.807, 2.05) is 48.5 Å². The third kappa shape index (κ3) is 4.48. The summed E-state index contributed by atoms with van der Waals surface area (Å²) in [6.45, 7) is 5.35. The minimum Gasteiger partial charge on any atom is -0.463 e. The summed E-state index contributed by atoms with van der Waals surface area (Å²) in [6, 6.07) is 18.3. The molecule has 0 atom stereocenters. The lowest BCUT2D eigenvalue weighted by molar-refractivity contribution is -0.139. The Balaban J connectivity index is 2.21. The van der Waals surface area contributed by atoms with Crippen LogP contribution in [-0.4, -0.2) is 29.7 Å². The summed E-state index contributed by atoms with van der Waals surface area (Å²) in [7, 11) is 1.26. The molecule has 0 radical (unpaired) electrons. The minimum absolute atomic E-state index is 0.0933. The van der Waals surface area contributed by atoms with Gasteiger partial charge in [0.15, 0.2) is 0 Å². The SMILES string of the molecule is COC(=O)C1=C(c2ccccc2)N(C(=O)OC(C)(C)C)C(c2ccccc2)=CO1. The van der Waals surface area contributed by atoms with Crippen molar-refractivity contribution in [2.75, 3.05) is 7.11 Å². The van der Waals surface area contributed by atoms with Crippen molar-refractivity contribution >= 4 is 23.5 Å². The number of esters is 1. The zero-order valence-electron chi connectivity index (χ0n) is 16.8. The Kier molecular flexibility index (Phi) is 5.73. The van der Waals surface area contributed by atoms with Crippen LogP contribution in [0.4, 0.5) is 4.79 Å². The summed E-state index contributed by atoms with van der Waals surface area (Å²) in [4.78, 5) is 27.0. The maximum atomic E-state index is 13.3. The summed E-state index contributed by atoms with van der Waals surface area (Å²) in [5, 5.41) is 0. The van der Waals surface area contributed by atoms with Gasteiger partial charge < -0.3 is 14.2 Å². The van der Waals surface area contributed by atoms with Crippen molar-refractivity contribution in [3.05, 3.63) is 83.8 Å². The molecule has 0 aliphatic carbocycles. The molecule has 0 spiro atoms. The molecule has 1 amide bonds. The maximum Gasteiger partial charge on any atom is 0.419 e. The third-order valence-electron chi connectivity index (χ3n) is 4.03. The van der Waals surface area contributed by atoms with Gasteiger partial charge in [0.1, 0.15) is 17.6 Å². The molecule has 0 saturated heterocycles. The average molecular weight is 393 g/mol. The molecule has 3 rings (SSSR count). The maximum absolute atomic E-state index is 13.3. The van der Waals surface area contributed by atoms with Crippen LogP contribution < -0.4 is 0 Å². The Morgan fingerprint density at radius 1 is 0.897 bits per heavy atom. The van der Waals surface area contributed by atoms with Gasteiger partial charge in [-0.3, -0.25) is 0 Å². The van der Waals surface area contributed by atoms with E-state index in [4.69, 9.17) is 14.2 Å². The molecule has 0 fully saturated rings. The highest BCUT2D eigenvalue weighted by atomic mass is 16.6. The molecule has 1 aliphatic rings. The number of benzene rings is 2. The van der Waals surface area contributed by atoms with Crippen LogP contribution in [-0.2, 0) is 19.0 Å². The van der Waals surface area contributed by atoms with E-state index in [1.165, 1.54) is 18.3 Å². The molecule has 6 nitrogen and oxygen atoms in total.